The lowest BCUT2D eigenvalue weighted by molar-refractivity contribution is -0.131. The van der Waals surface area contributed by atoms with E-state index >= 15 is 0 Å². The van der Waals surface area contributed by atoms with Crippen LogP contribution in [0.3, 0.4) is 0 Å². The van der Waals surface area contributed by atoms with Crippen LogP contribution in [0.4, 0.5) is 0 Å². The number of carboxylic acids is 1. The van der Waals surface area contributed by atoms with Crippen LogP contribution in [0.2, 0.25) is 0 Å². The quantitative estimate of drug-likeness (QED) is 0.881. The fraction of sp³-hybridized carbons (Fsp3) is 0.176. The zero-order valence-corrected chi connectivity index (χ0v) is 12.3. The van der Waals surface area contributed by atoms with Crippen molar-refractivity contribution >= 4 is 12.0 Å². The van der Waals surface area contributed by atoms with Gasteiger partial charge in [0.15, 0.2) is 5.43 Å². The Labute approximate surface area is 123 Å². The number of nitrogens with zero attached hydrogens (tertiary/aromatic N) is 1. The van der Waals surface area contributed by atoms with Crippen LogP contribution in [0.25, 0.3) is 11.8 Å². The molecule has 0 unspecified atom stereocenters. The second kappa shape index (κ2) is 5.79. The second-order valence-corrected chi connectivity index (χ2v) is 5.04. The summed E-state index contributed by atoms with van der Waals surface area (Å²) in [5.41, 5.74) is 4.26. The number of aryl methyl sites for hydroxylation is 3. The van der Waals surface area contributed by atoms with Crippen LogP contribution in [-0.4, -0.2) is 15.6 Å². The molecule has 1 aromatic carbocycles. The molecule has 0 aliphatic rings. The molecule has 0 fully saturated rings. The molecule has 2 rings (SSSR count). The molecule has 1 aromatic heterocycles. The van der Waals surface area contributed by atoms with E-state index in [1.165, 1.54) is 17.7 Å². The maximum Gasteiger partial charge on any atom is 0.328 e. The molecule has 0 saturated carbocycles. The molecule has 0 spiro atoms. The number of carbonyl (C=O) groups is 1. The topological polar surface area (TPSA) is 59.3 Å². The summed E-state index contributed by atoms with van der Waals surface area (Å²) < 4.78 is 1.88. The Kier molecular flexibility index (Phi) is 4.08. The highest BCUT2D eigenvalue weighted by Gasteiger charge is 2.05. The van der Waals surface area contributed by atoms with Gasteiger partial charge < -0.3 is 9.67 Å². The number of benzene rings is 1. The normalized spacial score (nSPS) is 11.0. The van der Waals surface area contributed by atoms with Gasteiger partial charge in [-0.25, -0.2) is 4.79 Å². The number of aliphatic carboxylic acids is 1. The molecule has 4 nitrogen and oxygen atoms in total. The third kappa shape index (κ3) is 3.28. The van der Waals surface area contributed by atoms with Crippen LogP contribution in [-0.2, 0) is 4.79 Å². The zero-order valence-electron chi connectivity index (χ0n) is 12.3. The van der Waals surface area contributed by atoms with Crippen molar-refractivity contribution in [3.05, 3.63) is 69.1 Å². The second-order valence-electron chi connectivity index (χ2n) is 5.04. The fourth-order valence-corrected chi connectivity index (χ4v) is 2.09. The molecule has 2 aromatic rings. The molecule has 0 amide bonds. The SMILES string of the molecule is Cc1ccc(-n2cc(/C=C/C(=O)O)c(=O)cc2C)cc1C. The van der Waals surface area contributed by atoms with E-state index in [1.807, 2.05) is 43.5 Å². The van der Waals surface area contributed by atoms with Gasteiger partial charge in [-0.3, -0.25) is 4.79 Å². The third-order valence-electron chi connectivity index (χ3n) is 3.45. The van der Waals surface area contributed by atoms with E-state index in [2.05, 4.69) is 0 Å². The Morgan fingerprint density at radius 2 is 1.86 bits per heavy atom. The van der Waals surface area contributed by atoms with Gasteiger partial charge in [0.05, 0.1) is 0 Å². The maximum atomic E-state index is 11.9. The molecule has 108 valence electrons. The fourth-order valence-electron chi connectivity index (χ4n) is 2.09. The molecule has 0 radical (unpaired) electrons. The van der Waals surface area contributed by atoms with Crippen LogP contribution in [0.15, 0.2) is 41.3 Å². The van der Waals surface area contributed by atoms with Crippen molar-refractivity contribution in [1.82, 2.24) is 4.57 Å². The number of aromatic nitrogens is 1. The lowest BCUT2D eigenvalue weighted by atomic mass is 10.1. The molecule has 4 heteroatoms. The average Bonchev–Trinajstić information content (AvgIpc) is 2.41. The summed E-state index contributed by atoms with van der Waals surface area (Å²) in [7, 11) is 0. The summed E-state index contributed by atoms with van der Waals surface area (Å²) >= 11 is 0. The summed E-state index contributed by atoms with van der Waals surface area (Å²) in [5, 5.41) is 8.68. The first-order valence-corrected chi connectivity index (χ1v) is 6.60. The number of hydrogen-bond donors (Lipinski definition) is 1. The summed E-state index contributed by atoms with van der Waals surface area (Å²) in [5.74, 6) is -1.08. The molecular weight excluding hydrogens is 266 g/mol. The summed E-state index contributed by atoms with van der Waals surface area (Å²) in [6.45, 7) is 5.92. The molecule has 0 saturated heterocycles. The highest BCUT2D eigenvalue weighted by molar-refractivity contribution is 5.85. The van der Waals surface area contributed by atoms with Crippen LogP contribution < -0.4 is 5.43 Å². The maximum absolute atomic E-state index is 11.9. The number of pyridine rings is 1. The number of hydrogen-bond acceptors (Lipinski definition) is 2. The Hall–Kier alpha value is -2.62. The molecule has 0 atom stereocenters. The first-order valence-electron chi connectivity index (χ1n) is 6.60. The first kappa shape index (κ1) is 14.8. The van der Waals surface area contributed by atoms with Gasteiger partial charge >= 0.3 is 5.97 Å². The molecule has 1 N–H and O–H groups in total. The van der Waals surface area contributed by atoms with Gasteiger partial charge in [0, 0.05) is 35.3 Å². The van der Waals surface area contributed by atoms with Crippen LogP contribution >= 0.6 is 0 Å². The minimum Gasteiger partial charge on any atom is -0.478 e. The molecule has 0 aliphatic heterocycles. The van der Waals surface area contributed by atoms with Gasteiger partial charge in [0.25, 0.3) is 0 Å². The van der Waals surface area contributed by atoms with Gasteiger partial charge in [-0.15, -0.1) is 0 Å². The minimum atomic E-state index is -1.08. The zero-order chi connectivity index (χ0) is 15.6. The van der Waals surface area contributed by atoms with Crippen molar-refractivity contribution in [2.45, 2.75) is 20.8 Å². The van der Waals surface area contributed by atoms with Crippen molar-refractivity contribution in [1.29, 1.82) is 0 Å². The summed E-state index contributed by atoms with van der Waals surface area (Å²) in [4.78, 5) is 22.5. The van der Waals surface area contributed by atoms with Crippen LogP contribution in [0.5, 0.6) is 0 Å². The third-order valence-corrected chi connectivity index (χ3v) is 3.45. The van der Waals surface area contributed by atoms with Crippen molar-refractivity contribution < 1.29 is 9.90 Å². The van der Waals surface area contributed by atoms with Gasteiger partial charge in [0.1, 0.15) is 0 Å². The van der Waals surface area contributed by atoms with E-state index < -0.39 is 5.97 Å². The van der Waals surface area contributed by atoms with Crippen molar-refractivity contribution in [3.8, 4) is 5.69 Å². The van der Waals surface area contributed by atoms with E-state index in [0.29, 0.717) is 5.56 Å². The van der Waals surface area contributed by atoms with E-state index in [1.54, 1.807) is 6.20 Å². The first-order chi connectivity index (χ1) is 9.88. The van der Waals surface area contributed by atoms with E-state index in [4.69, 9.17) is 5.11 Å². The van der Waals surface area contributed by atoms with Crippen LogP contribution in [0, 0.1) is 20.8 Å². The Morgan fingerprint density at radius 3 is 2.48 bits per heavy atom. The van der Waals surface area contributed by atoms with Crippen molar-refractivity contribution in [3.63, 3.8) is 0 Å². The lowest BCUT2D eigenvalue weighted by Gasteiger charge is -2.13. The largest absolute Gasteiger partial charge is 0.478 e. The monoisotopic (exact) mass is 283 g/mol. The van der Waals surface area contributed by atoms with Gasteiger partial charge in [0.2, 0.25) is 0 Å². The standard InChI is InChI=1S/C17H17NO3/c1-11-4-6-15(8-12(11)2)18-10-14(5-7-17(20)21)16(19)9-13(18)3/h4-10H,1-3H3,(H,20,21)/b7-5+. The summed E-state index contributed by atoms with van der Waals surface area (Å²) in [6, 6.07) is 7.55. The number of rotatable bonds is 3. The van der Waals surface area contributed by atoms with Crippen molar-refractivity contribution in [2.24, 2.45) is 0 Å². The highest BCUT2D eigenvalue weighted by atomic mass is 16.4. The Morgan fingerprint density at radius 1 is 1.14 bits per heavy atom. The van der Waals surface area contributed by atoms with Crippen molar-refractivity contribution in [2.75, 3.05) is 0 Å². The minimum absolute atomic E-state index is 0.190. The van der Waals surface area contributed by atoms with E-state index in [9.17, 15) is 9.59 Å². The molecular formula is C17H17NO3. The summed E-state index contributed by atoms with van der Waals surface area (Å²) in [6.07, 6.45) is 3.96. The predicted molar refractivity (Wildman–Crippen MR) is 82.9 cm³/mol. The molecule has 0 bridgehead atoms. The molecule has 21 heavy (non-hydrogen) atoms. The molecule has 1 heterocycles. The average molecular weight is 283 g/mol. The van der Waals surface area contributed by atoms with E-state index in [-0.39, 0.29) is 5.43 Å². The Balaban J connectivity index is 2.58. The van der Waals surface area contributed by atoms with Gasteiger partial charge in [-0.1, -0.05) is 6.07 Å². The van der Waals surface area contributed by atoms with Gasteiger partial charge in [-0.05, 0) is 50.1 Å². The smallest absolute Gasteiger partial charge is 0.328 e. The van der Waals surface area contributed by atoms with Crippen LogP contribution in [0.1, 0.15) is 22.4 Å². The lowest BCUT2D eigenvalue weighted by Crippen LogP contribution is -2.12. The van der Waals surface area contributed by atoms with E-state index in [0.717, 1.165) is 23.0 Å². The highest BCUT2D eigenvalue weighted by Crippen LogP contribution is 2.16. The number of carboxylic acid groups (broad SMARTS) is 1. The predicted octanol–water partition coefficient (Wildman–Crippen LogP) is 2.86. The Bertz CT molecular complexity index is 785. The van der Waals surface area contributed by atoms with Gasteiger partial charge in [-0.2, -0.15) is 0 Å². The molecule has 0 aliphatic carbocycles.